The molecule has 0 heterocycles. The molecule has 1 N–H and O–H groups in total. The number of nitrogens with one attached hydrogen (secondary N) is 1. The van der Waals surface area contributed by atoms with Crippen molar-refractivity contribution < 1.29 is 22.4 Å². The fourth-order valence-corrected chi connectivity index (χ4v) is 4.38. The summed E-state index contributed by atoms with van der Waals surface area (Å²) in [6, 6.07) is 12.2. The summed E-state index contributed by atoms with van der Waals surface area (Å²) in [5, 5.41) is 2.57. The number of likely N-dealkylation sites (N-methyl/N-ethyl adjacent to an activating group) is 1. The number of hydrogen-bond acceptors (Lipinski definition) is 4. The summed E-state index contributed by atoms with van der Waals surface area (Å²) in [4.78, 5) is 26.7. The molecule has 0 saturated heterocycles. The molecule has 0 aliphatic heterocycles. The zero-order valence-corrected chi connectivity index (χ0v) is 19.7. The summed E-state index contributed by atoms with van der Waals surface area (Å²) in [5.41, 5.74) is 2.28. The molecule has 9 heteroatoms. The van der Waals surface area contributed by atoms with Gasteiger partial charge >= 0.3 is 0 Å². The second-order valence-electron chi connectivity index (χ2n) is 7.72. The number of rotatable bonds is 10. The number of carbonyl (C=O) groups is 2. The van der Waals surface area contributed by atoms with Crippen molar-refractivity contribution in [2.24, 2.45) is 0 Å². The minimum atomic E-state index is -3.61. The largest absolute Gasteiger partial charge is 0.357 e. The van der Waals surface area contributed by atoms with Gasteiger partial charge in [0.2, 0.25) is 21.8 Å². The average Bonchev–Trinajstić information content (AvgIpc) is 2.74. The van der Waals surface area contributed by atoms with Crippen LogP contribution in [0.15, 0.2) is 48.5 Å². The zero-order chi connectivity index (χ0) is 23.9. The SMILES string of the molecule is CNC(=O)C(C)N(Cc1cccc(C)c1)C(=O)CCCN(c1ccc(F)cc1)S(C)(=O)=O. The monoisotopic (exact) mass is 463 g/mol. The molecule has 0 bridgehead atoms. The number of hydrogen-bond donors (Lipinski definition) is 1. The van der Waals surface area contributed by atoms with Crippen LogP contribution in [0.5, 0.6) is 0 Å². The minimum Gasteiger partial charge on any atom is -0.357 e. The molecule has 7 nitrogen and oxygen atoms in total. The quantitative estimate of drug-likeness (QED) is 0.587. The molecule has 32 heavy (non-hydrogen) atoms. The third-order valence-electron chi connectivity index (χ3n) is 5.12. The number of benzene rings is 2. The Bertz CT molecular complexity index is 1040. The van der Waals surface area contributed by atoms with Gasteiger partial charge in [-0.2, -0.15) is 0 Å². The maximum atomic E-state index is 13.2. The normalized spacial score (nSPS) is 12.2. The molecule has 0 aliphatic rings. The Balaban J connectivity index is 2.13. The minimum absolute atomic E-state index is 0.0559. The molecule has 2 aromatic rings. The lowest BCUT2D eigenvalue weighted by Gasteiger charge is -2.29. The van der Waals surface area contributed by atoms with E-state index in [4.69, 9.17) is 0 Å². The van der Waals surface area contributed by atoms with Crippen molar-refractivity contribution in [3.63, 3.8) is 0 Å². The van der Waals surface area contributed by atoms with E-state index in [1.54, 1.807) is 6.92 Å². The van der Waals surface area contributed by atoms with E-state index in [9.17, 15) is 22.4 Å². The third-order valence-corrected chi connectivity index (χ3v) is 6.31. The van der Waals surface area contributed by atoms with E-state index < -0.39 is 21.9 Å². The van der Waals surface area contributed by atoms with Crippen molar-refractivity contribution >= 4 is 27.5 Å². The average molecular weight is 464 g/mol. The van der Waals surface area contributed by atoms with Crippen molar-refractivity contribution in [1.82, 2.24) is 10.2 Å². The highest BCUT2D eigenvalue weighted by Crippen LogP contribution is 2.19. The molecular formula is C23H30FN3O4S. The van der Waals surface area contributed by atoms with E-state index in [0.717, 1.165) is 21.7 Å². The predicted molar refractivity (Wildman–Crippen MR) is 123 cm³/mol. The van der Waals surface area contributed by atoms with Crippen LogP contribution in [0.2, 0.25) is 0 Å². The van der Waals surface area contributed by atoms with Crippen LogP contribution in [0.25, 0.3) is 0 Å². The maximum absolute atomic E-state index is 13.2. The lowest BCUT2D eigenvalue weighted by Crippen LogP contribution is -2.46. The van der Waals surface area contributed by atoms with Crippen molar-refractivity contribution in [3.8, 4) is 0 Å². The van der Waals surface area contributed by atoms with E-state index in [1.165, 1.54) is 36.2 Å². The van der Waals surface area contributed by atoms with Crippen LogP contribution >= 0.6 is 0 Å². The second kappa shape index (κ2) is 11.1. The Morgan fingerprint density at radius 1 is 1.12 bits per heavy atom. The fourth-order valence-electron chi connectivity index (χ4n) is 3.41. The van der Waals surface area contributed by atoms with Gasteiger partial charge in [-0.15, -0.1) is 0 Å². The van der Waals surface area contributed by atoms with Gasteiger partial charge in [-0.1, -0.05) is 29.8 Å². The molecule has 1 unspecified atom stereocenters. The van der Waals surface area contributed by atoms with Crippen LogP contribution < -0.4 is 9.62 Å². The Kier molecular flexibility index (Phi) is 8.77. The zero-order valence-electron chi connectivity index (χ0n) is 18.8. The van der Waals surface area contributed by atoms with Crippen LogP contribution in [0.3, 0.4) is 0 Å². The van der Waals surface area contributed by atoms with Crippen molar-refractivity contribution in [1.29, 1.82) is 0 Å². The summed E-state index contributed by atoms with van der Waals surface area (Å²) in [5.74, 6) is -1.00. The Hall–Kier alpha value is -2.94. The molecule has 0 spiro atoms. The molecule has 1 atom stereocenters. The Morgan fingerprint density at radius 3 is 2.34 bits per heavy atom. The topological polar surface area (TPSA) is 86.8 Å². The molecule has 0 aromatic heterocycles. The molecule has 2 rings (SSSR count). The molecule has 0 saturated carbocycles. The molecule has 2 amide bonds. The summed E-state index contributed by atoms with van der Waals surface area (Å²) in [6.07, 6.45) is 1.37. The fraction of sp³-hybridized carbons (Fsp3) is 0.391. The maximum Gasteiger partial charge on any atom is 0.242 e. The molecular weight excluding hydrogens is 433 g/mol. The number of halogens is 1. The lowest BCUT2D eigenvalue weighted by atomic mass is 10.1. The van der Waals surface area contributed by atoms with Gasteiger partial charge in [0.05, 0.1) is 11.9 Å². The van der Waals surface area contributed by atoms with E-state index in [1.807, 2.05) is 31.2 Å². The standard InChI is InChI=1S/C23H30FN3O4S/c1-17-7-5-8-19(15-17)16-26(18(2)23(29)25-3)22(28)9-6-14-27(32(4,30)31)21-12-10-20(24)11-13-21/h5,7-8,10-13,15,18H,6,9,14,16H2,1-4H3,(H,25,29). The van der Waals surface area contributed by atoms with Crippen LogP contribution in [-0.4, -0.2) is 51.0 Å². The first-order chi connectivity index (χ1) is 15.0. The Morgan fingerprint density at radius 2 is 1.78 bits per heavy atom. The third kappa shape index (κ3) is 7.05. The van der Waals surface area contributed by atoms with E-state index in [-0.39, 0.29) is 37.7 Å². The molecule has 0 aliphatic carbocycles. The van der Waals surface area contributed by atoms with E-state index >= 15 is 0 Å². The van der Waals surface area contributed by atoms with Crippen LogP contribution in [-0.2, 0) is 26.2 Å². The lowest BCUT2D eigenvalue weighted by molar-refractivity contribution is -0.140. The van der Waals surface area contributed by atoms with Gasteiger partial charge in [-0.05, 0) is 50.1 Å². The predicted octanol–water partition coefficient (Wildman–Crippen LogP) is 2.84. The van der Waals surface area contributed by atoms with E-state index in [0.29, 0.717) is 5.69 Å². The van der Waals surface area contributed by atoms with Crippen LogP contribution in [0.4, 0.5) is 10.1 Å². The highest BCUT2D eigenvalue weighted by molar-refractivity contribution is 7.92. The number of nitrogens with zero attached hydrogens (tertiary/aromatic N) is 2. The summed E-state index contributed by atoms with van der Waals surface area (Å²) in [7, 11) is -2.10. The highest BCUT2D eigenvalue weighted by atomic mass is 32.2. The number of amides is 2. The van der Waals surface area contributed by atoms with Crippen molar-refractivity contribution in [3.05, 3.63) is 65.5 Å². The van der Waals surface area contributed by atoms with Gasteiger partial charge in [0.15, 0.2) is 0 Å². The second-order valence-corrected chi connectivity index (χ2v) is 9.62. The first-order valence-electron chi connectivity index (χ1n) is 10.3. The number of sulfonamides is 1. The smallest absolute Gasteiger partial charge is 0.242 e. The van der Waals surface area contributed by atoms with Gasteiger partial charge in [0, 0.05) is 26.6 Å². The van der Waals surface area contributed by atoms with Crippen molar-refractivity contribution in [2.45, 2.75) is 39.3 Å². The molecule has 0 radical (unpaired) electrons. The summed E-state index contributed by atoms with van der Waals surface area (Å²) >= 11 is 0. The van der Waals surface area contributed by atoms with Gasteiger partial charge < -0.3 is 10.2 Å². The van der Waals surface area contributed by atoms with Gasteiger partial charge in [-0.25, -0.2) is 12.8 Å². The number of aryl methyl sites for hydroxylation is 1. The van der Waals surface area contributed by atoms with Crippen LogP contribution in [0, 0.1) is 12.7 Å². The summed E-state index contributed by atoms with van der Waals surface area (Å²) in [6.45, 7) is 3.94. The molecule has 2 aromatic carbocycles. The van der Waals surface area contributed by atoms with Gasteiger partial charge in [0.25, 0.3) is 0 Å². The number of carbonyl (C=O) groups excluding carboxylic acids is 2. The first kappa shape index (κ1) is 25.3. The molecule has 174 valence electrons. The van der Waals surface area contributed by atoms with E-state index in [2.05, 4.69) is 5.32 Å². The summed E-state index contributed by atoms with van der Waals surface area (Å²) < 4.78 is 38.8. The van der Waals surface area contributed by atoms with Crippen LogP contribution in [0.1, 0.15) is 30.9 Å². The van der Waals surface area contributed by atoms with Gasteiger partial charge in [0.1, 0.15) is 11.9 Å². The van der Waals surface area contributed by atoms with Gasteiger partial charge in [-0.3, -0.25) is 13.9 Å². The Labute approximate surface area is 189 Å². The van der Waals surface area contributed by atoms with Crippen molar-refractivity contribution in [2.75, 3.05) is 24.2 Å². The molecule has 0 fully saturated rings. The first-order valence-corrected chi connectivity index (χ1v) is 12.2. The highest BCUT2D eigenvalue weighted by Gasteiger charge is 2.26. The number of anilines is 1.